The number of carbonyl (C=O) groups is 1. The average Bonchev–Trinajstić information content (AvgIpc) is 3.35. The fourth-order valence-corrected chi connectivity index (χ4v) is 3.62. The van der Waals surface area contributed by atoms with Gasteiger partial charge in [0.1, 0.15) is 24.0 Å². The minimum Gasteiger partial charge on any atom is -0.481 e. The summed E-state index contributed by atoms with van der Waals surface area (Å²) < 4.78 is 16.5. The summed E-state index contributed by atoms with van der Waals surface area (Å²) in [5, 5.41) is 2.89. The van der Waals surface area contributed by atoms with E-state index in [2.05, 4.69) is 20.2 Å². The van der Waals surface area contributed by atoms with Crippen LogP contribution in [0.5, 0.6) is 5.88 Å². The molecule has 2 fully saturated rings. The largest absolute Gasteiger partial charge is 0.481 e. The van der Waals surface area contributed by atoms with Crippen LogP contribution in [0.2, 0.25) is 0 Å². The molecule has 2 aromatic rings. The zero-order chi connectivity index (χ0) is 17.9. The van der Waals surface area contributed by atoms with Gasteiger partial charge in [-0.3, -0.25) is 4.79 Å². The number of carbonyl (C=O) groups excluding carboxylic acids is 1. The van der Waals surface area contributed by atoms with Crippen LogP contribution in [0.1, 0.15) is 18.6 Å². The van der Waals surface area contributed by atoms with Gasteiger partial charge in [0.15, 0.2) is 0 Å². The predicted octanol–water partition coefficient (Wildman–Crippen LogP) is 1.38. The highest BCUT2D eigenvalue weighted by atomic mass is 16.5. The molecule has 0 aromatic carbocycles. The summed E-state index contributed by atoms with van der Waals surface area (Å²) in [7, 11) is 1.59. The van der Waals surface area contributed by atoms with Crippen molar-refractivity contribution in [1.29, 1.82) is 0 Å². The quantitative estimate of drug-likeness (QED) is 0.863. The molecule has 4 rings (SSSR count). The number of methoxy groups -OCH3 is 1. The lowest BCUT2D eigenvalue weighted by molar-refractivity contribution is -0.132. The van der Waals surface area contributed by atoms with Crippen LogP contribution in [0, 0.1) is 5.92 Å². The van der Waals surface area contributed by atoms with Crippen molar-refractivity contribution in [3.8, 4) is 5.88 Å². The van der Waals surface area contributed by atoms with Crippen LogP contribution in [0.15, 0.2) is 35.2 Å². The summed E-state index contributed by atoms with van der Waals surface area (Å²) >= 11 is 0. The molecule has 26 heavy (non-hydrogen) atoms. The van der Waals surface area contributed by atoms with Crippen LogP contribution in [0.4, 0.5) is 5.82 Å². The summed E-state index contributed by atoms with van der Waals surface area (Å²) in [6.45, 7) is 1.98. The third-order valence-electron chi connectivity index (χ3n) is 5.02. The second-order valence-electron chi connectivity index (χ2n) is 6.61. The minimum absolute atomic E-state index is 0.0315. The van der Waals surface area contributed by atoms with E-state index >= 15 is 0 Å². The zero-order valence-electron chi connectivity index (χ0n) is 14.6. The molecule has 0 saturated carbocycles. The van der Waals surface area contributed by atoms with Gasteiger partial charge < -0.3 is 24.1 Å². The molecule has 4 heterocycles. The molecule has 2 saturated heterocycles. The molecule has 2 aliphatic rings. The summed E-state index contributed by atoms with van der Waals surface area (Å²) in [6.07, 6.45) is 4.46. The Kier molecular flexibility index (Phi) is 4.75. The van der Waals surface area contributed by atoms with E-state index in [4.69, 9.17) is 13.9 Å². The van der Waals surface area contributed by atoms with Gasteiger partial charge in [-0.2, -0.15) is 0 Å². The van der Waals surface area contributed by atoms with Gasteiger partial charge in [0.25, 0.3) is 0 Å². The van der Waals surface area contributed by atoms with Crippen molar-refractivity contribution in [1.82, 2.24) is 15.3 Å². The molecule has 0 spiro atoms. The first-order valence-electron chi connectivity index (χ1n) is 8.79. The highest BCUT2D eigenvalue weighted by Crippen LogP contribution is 2.34. The van der Waals surface area contributed by atoms with Crippen molar-refractivity contribution in [2.45, 2.75) is 31.6 Å². The summed E-state index contributed by atoms with van der Waals surface area (Å²) in [4.78, 5) is 22.9. The van der Waals surface area contributed by atoms with E-state index in [-0.39, 0.29) is 12.0 Å². The molecule has 0 unspecified atom stereocenters. The van der Waals surface area contributed by atoms with Gasteiger partial charge in [-0.25, -0.2) is 9.97 Å². The SMILES string of the molecule is COc1cc(N2CC[C@H]3C[C@H](C(=O)NCc4ccco4)O[C@H]3C2)ncn1. The molecule has 8 nitrogen and oxygen atoms in total. The molecule has 3 atom stereocenters. The number of anilines is 1. The number of nitrogens with one attached hydrogen (secondary N) is 1. The average molecular weight is 358 g/mol. The molecule has 1 N–H and O–H groups in total. The van der Waals surface area contributed by atoms with Crippen LogP contribution in [-0.4, -0.2) is 48.3 Å². The number of hydrogen-bond acceptors (Lipinski definition) is 7. The lowest BCUT2D eigenvalue weighted by Crippen LogP contribution is -2.43. The van der Waals surface area contributed by atoms with E-state index < -0.39 is 6.10 Å². The number of furan rings is 1. The molecular formula is C18H22N4O4. The Hall–Kier alpha value is -2.61. The van der Waals surface area contributed by atoms with Crippen LogP contribution >= 0.6 is 0 Å². The molecule has 0 bridgehead atoms. The number of aromatic nitrogens is 2. The zero-order valence-corrected chi connectivity index (χ0v) is 14.6. The molecule has 2 aliphatic heterocycles. The van der Waals surface area contributed by atoms with Gasteiger partial charge >= 0.3 is 0 Å². The van der Waals surface area contributed by atoms with E-state index in [1.165, 1.54) is 6.33 Å². The Morgan fingerprint density at radius 3 is 3.19 bits per heavy atom. The molecule has 1 amide bonds. The van der Waals surface area contributed by atoms with Crippen LogP contribution in [0.25, 0.3) is 0 Å². The number of fused-ring (bicyclic) bond motifs is 1. The summed E-state index contributed by atoms with van der Waals surface area (Å²) in [5.74, 6) is 2.42. The first kappa shape index (κ1) is 16.8. The highest BCUT2D eigenvalue weighted by Gasteiger charge is 2.42. The number of ether oxygens (including phenoxy) is 2. The molecule has 2 aromatic heterocycles. The second kappa shape index (κ2) is 7.33. The normalized spacial score (nSPS) is 25.0. The third-order valence-corrected chi connectivity index (χ3v) is 5.02. The number of piperidine rings is 1. The lowest BCUT2D eigenvalue weighted by atomic mass is 9.91. The maximum absolute atomic E-state index is 12.4. The number of nitrogens with zero attached hydrogens (tertiary/aromatic N) is 3. The standard InChI is InChI=1S/C18H22N4O4/c1-24-17-8-16(20-11-21-17)22-5-4-12-7-14(26-15(12)10-22)18(23)19-9-13-3-2-6-25-13/h2-3,6,8,11-12,14-15H,4-5,7,9-10H2,1H3,(H,19,23)/t12-,14+,15-/m0/s1. The van der Waals surface area contributed by atoms with Gasteiger partial charge in [-0.15, -0.1) is 0 Å². The van der Waals surface area contributed by atoms with Gasteiger partial charge in [0.2, 0.25) is 11.8 Å². The van der Waals surface area contributed by atoms with Gasteiger partial charge in [0.05, 0.1) is 26.0 Å². The minimum atomic E-state index is -0.403. The molecule has 8 heteroatoms. The maximum Gasteiger partial charge on any atom is 0.249 e. The van der Waals surface area contributed by atoms with Crippen LogP contribution in [-0.2, 0) is 16.1 Å². The Balaban J connectivity index is 1.34. The lowest BCUT2D eigenvalue weighted by Gasteiger charge is -2.34. The highest BCUT2D eigenvalue weighted by molar-refractivity contribution is 5.81. The van der Waals surface area contributed by atoms with E-state index in [0.29, 0.717) is 24.9 Å². The van der Waals surface area contributed by atoms with Crippen LogP contribution in [0.3, 0.4) is 0 Å². The smallest absolute Gasteiger partial charge is 0.249 e. The van der Waals surface area contributed by atoms with Gasteiger partial charge in [0, 0.05) is 19.2 Å². The van der Waals surface area contributed by atoms with Crippen molar-refractivity contribution in [2.24, 2.45) is 5.92 Å². The first-order valence-corrected chi connectivity index (χ1v) is 8.79. The molecule has 0 radical (unpaired) electrons. The maximum atomic E-state index is 12.4. The molecular weight excluding hydrogens is 336 g/mol. The fraction of sp³-hybridized carbons (Fsp3) is 0.500. The summed E-state index contributed by atoms with van der Waals surface area (Å²) in [5.41, 5.74) is 0. The molecule has 138 valence electrons. The number of amides is 1. The monoisotopic (exact) mass is 358 g/mol. The van der Waals surface area contributed by atoms with Crippen molar-refractivity contribution in [3.63, 3.8) is 0 Å². The van der Waals surface area contributed by atoms with Crippen molar-refractivity contribution < 1.29 is 18.7 Å². The van der Waals surface area contributed by atoms with E-state index in [1.54, 1.807) is 19.4 Å². The van der Waals surface area contributed by atoms with Crippen LogP contribution < -0.4 is 15.0 Å². The van der Waals surface area contributed by atoms with E-state index in [1.807, 2.05) is 12.1 Å². The summed E-state index contributed by atoms with van der Waals surface area (Å²) in [6, 6.07) is 5.46. The Bertz CT molecular complexity index is 751. The third kappa shape index (κ3) is 3.50. The Morgan fingerprint density at radius 1 is 1.46 bits per heavy atom. The van der Waals surface area contributed by atoms with E-state index in [9.17, 15) is 4.79 Å². The topological polar surface area (TPSA) is 89.7 Å². The van der Waals surface area contributed by atoms with Gasteiger partial charge in [-0.1, -0.05) is 0 Å². The van der Waals surface area contributed by atoms with E-state index in [0.717, 1.165) is 31.0 Å². The fourth-order valence-electron chi connectivity index (χ4n) is 3.62. The second-order valence-corrected chi connectivity index (χ2v) is 6.61. The number of hydrogen-bond donors (Lipinski definition) is 1. The van der Waals surface area contributed by atoms with Crippen molar-refractivity contribution in [2.75, 3.05) is 25.1 Å². The van der Waals surface area contributed by atoms with Crippen molar-refractivity contribution in [3.05, 3.63) is 36.5 Å². The van der Waals surface area contributed by atoms with Gasteiger partial charge in [-0.05, 0) is 30.9 Å². The van der Waals surface area contributed by atoms with Crippen molar-refractivity contribution >= 4 is 11.7 Å². The molecule has 0 aliphatic carbocycles. The Morgan fingerprint density at radius 2 is 2.38 bits per heavy atom. The predicted molar refractivity (Wildman–Crippen MR) is 92.7 cm³/mol. The Labute approximate surface area is 151 Å². The number of rotatable bonds is 5. The first-order chi connectivity index (χ1) is 12.7.